The average Bonchev–Trinajstić information content (AvgIpc) is 3.08. The first-order chi connectivity index (χ1) is 13.9. The summed E-state index contributed by atoms with van der Waals surface area (Å²) >= 11 is 0. The molecule has 29 heavy (non-hydrogen) atoms. The molecule has 1 aromatic heterocycles. The molecule has 0 bridgehead atoms. The minimum atomic E-state index is 0.484. The normalized spacial score (nSPS) is 11.7. The molecular formula is C25H27N3O. The van der Waals surface area contributed by atoms with E-state index in [-0.39, 0.29) is 0 Å². The maximum absolute atomic E-state index is 9.80. The van der Waals surface area contributed by atoms with Crippen molar-refractivity contribution in [3.8, 4) is 11.1 Å². The summed E-state index contributed by atoms with van der Waals surface area (Å²) in [7, 11) is 0. The first-order valence-corrected chi connectivity index (χ1v) is 10.2. The molecule has 4 aromatic rings. The van der Waals surface area contributed by atoms with Gasteiger partial charge in [0.05, 0.1) is 0 Å². The van der Waals surface area contributed by atoms with Gasteiger partial charge in [-0.15, -0.1) is 10.2 Å². The molecule has 0 amide bonds. The van der Waals surface area contributed by atoms with Crippen LogP contribution in [0.5, 0.6) is 0 Å². The Labute approximate surface area is 171 Å². The minimum absolute atomic E-state index is 0.484. The van der Waals surface area contributed by atoms with E-state index in [9.17, 15) is 5.21 Å². The third kappa shape index (κ3) is 3.88. The molecular weight excluding hydrogens is 358 g/mol. The molecule has 3 aromatic carbocycles. The van der Waals surface area contributed by atoms with E-state index < -0.39 is 0 Å². The highest BCUT2D eigenvalue weighted by Gasteiger charge is 2.16. The van der Waals surface area contributed by atoms with Crippen molar-refractivity contribution in [1.82, 2.24) is 15.2 Å². The van der Waals surface area contributed by atoms with Crippen LogP contribution in [0.4, 0.5) is 0 Å². The molecule has 0 radical (unpaired) electrons. The quantitative estimate of drug-likeness (QED) is 0.418. The van der Waals surface area contributed by atoms with Crippen LogP contribution < -0.4 is 0 Å². The summed E-state index contributed by atoms with van der Waals surface area (Å²) in [5.74, 6) is 0.968. The average molecular weight is 386 g/mol. The molecule has 0 spiro atoms. The monoisotopic (exact) mass is 385 g/mol. The summed E-state index contributed by atoms with van der Waals surface area (Å²) < 4.78 is 0. The number of aromatic nitrogens is 3. The molecule has 4 heteroatoms. The van der Waals surface area contributed by atoms with Crippen LogP contribution in [0.25, 0.3) is 22.2 Å². The molecule has 1 N–H and O–H groups in total. The fraction of sp³-hybridized carbons (Fsp3) is 0.280. The van der Waals surface area contributed by atoms with E-state index in [1.165, 1.54) is 22.3 Å². The molecule has 4 rings (SSSR count). The molecule has 4 nitrogen and oxygen atoms in total. The molecule has 0 aliphatic heterocycles. The lowest BCUT2D eigenvalue weighted by atomic mass is 9.89. The van der Waals surface area contributed by atoms with Crippen molar-refractivity contribution in [1.29, 1.82) is 0 Å². The van der Waals surface area contributed by atoms with Crippen LogP contribution in [0, 0.1) is 0 Å². The lowest BCUT2D eigenvalue weighted by Crippen LogP contribution is -1.99. The highest BCUT2D eigenvalue weighted by atomic mass is 16.5. The number of benzene rings is 3. The Hall–Kier alpha value is -3.14. The van der Waals surface area contributed by atoms with Gasteiger partial charge in [-0.1, -0.05) is 82.3 Å². The van der Waals surface area contributed by atoms with E-state index >= 15 is 0 Å². The van der Waals surface area contributed by atoms with Gasteiger partial charge in [-0.25, -0.2) is 0 Å². The maximum Gasteiger partial charge on any atom is 0.125 e. The van der Waals surface area contributed by atoms with Gasteiger partial charge in [0.15, 0.2) is 0 Å². The predicted molar refractivity (Wildman–Crippen MR) is 118 cm³/mol. The van der Waals surface area contributed by atoms with Crippen molar-refractivity contribution in [3.63, 3.8) is 0 Å². The second kappa shape index (κ2) is 7.70. The van der Waals surface area contributed by atoms with E-state index in [1.807, 2.05) is 24.3 Å². The summed E-state index contributed by atoms with van der Waals surface area (Å²) in [5, 5.41) is 18.1. The Balaban J connectivity index is 1.87. The van der Waals surface area contributed by atoms with Crippen molar-refractivity contribution in [2.45, 2.75) is 46.0 Å². The van der Waals surface area contributed by atoms with Crippen LogP contribution in [0.3, 0.4) is 0 Å². The van der Waals surface area contributed by atoms with Gasteiger partial charge in [-0.05, 0) is 57.1 Å². The summed E-state index contributed by atoms with van der Waals surface area (Å²) in [6, 6.07) is 21.2. The molecule has 0 aliphatic carbocycles. The van der Waals surface area contributed by atoms with Gasteiger partial charge in [-0.2, -0.15) is 0 Å². The van der Waals surface area contributed by atoms with E-state index in [1.54, 1.807) is 0 Å². The fourth-order valence-corrected chi connectivity index (χ4v) is 3.82. The second-order valence-corrected chi connectivity index (χ2v) is 8.30. The van der Waals surface area contributed by atoms with Gasteiger partial charge < -0.3 is 5.21 Å². The Bertz CT molecular complexity index is 1120. The Morgan fingerprint density at radius 1 is 0.828 bits per heavy atom. The van der Waals surface area contributed by atoms with E-state index in [0.29, 0.717) is 22.3 Å². The number of fused-ring (bicyclic) bond motifs is 1. The highest BCUT2D eigenvalue weighted by molar-refractivity contribution is 5.93. The lowest BCUT2D eigenvalue weighted by Gasteiger charge is -2.16. The molecule has 0 unspecified atom stereocenters. The van der Waals surface area contributed by atoms with Gasteiger partial charge in [-0.3, -0.25) is 0 Å². The third-order valence-corrected chi connectivity index (χ3v) is 5.46. The molecule has 0 aliphatic rings. The first-order valence-electron chi connectivity index (χ1n) is 10.2. The van der Waals surface area contributed by atoms with Crippen LogP contribution in [0.1, 0.15) is 61.8 Å². The van der Waals surface area contributed by atoms with Crippen LogP contribution in [-0.2, 0) is 6.42 Å². The van der Waals surface area contributed by atoms with Crippen LogP contribution in [0.15, 0.2) is 60.7 Å². The summed E-state index contributed by atoms with van der Waals surface area (Å²) in [6.45, 7) is 8.96. The Morgan fingerprint density at radius 3 is 2.10 bits per heavy atom. The SMILES string of the molecule is CC(C)c1cc(Cc2ccc3nn(O)nc3c2-c2ccccc2)cc(C(C)C)c1. The van der Waals surface area contributed by atoms with Crippen LogP contribution in [0.2, 0.25) is 0 Å². The number of hydrogen-bond donors (Lipinski definition) is 1. The van der Waals surface area contributed by atoms with Crippen molar-refractivity contribution < 1.29 is 5.21 Å². The zero-order valence-corrected chi connectivity index (χ0v) is 17.4. The largest absolute Gasteiger partial charge is 0.396 e. The minimum Gasteiger partial charge on any atom is -0.396 e. The topological polar surface area (TPSA) is 50.9 Å². The maximum atomic E-state index is 9.80. The van der Waals surface area contributed by atoms with Gasteiger partial charge in [0.25, 0.3) is 0 Å². The summed E-state index contributed by atoms with van der Waals surface area (Å²) in [6.07, 6.45) is 0.804. The fourth-order valence-electron chi connectivity index (χ4n) is 3.82. The molecule has 0 atom stereocenters. The van der Waals surface area contributed by atoms with Crippen molar-refractivity contribution in [2.75, 3.05) is 0 Å². The summed E-state index contributed by atoms with van der Waals surface area (Å²) in [5.41, 5.74) is 8.74. The van der Waals surface area contributed by atoms with Gasteiger partial charge in [0.1, 0.15) is 11.0 Å². The predicted octanol–water partition coefficient (Wildman–Crippen LogP) is 6.17. The molecule has 148 valence electrons. The van der Waals surface area contributed by atoms with Crippen molar-refractivity contribution in [3.05, 3.63) is 82.9 Å². The van der Waals surface area contributed by atoms with E-state index in [4.69, 9.17) is 0 Å². The van der Waals surface area contributed by atoms with Crippen LogP contribution in [-0.4, -0.2) is 20.4 Å². The molecule has 0 saturated carbocycles. The molecule has 1 heterocycles. The van der Waals surface area contributed by atoms with Gasteiger partial charge >= 0.3 is 0 Å². The first kappa shape index (κ1) is 19.2. The number of rotatable bonds is 5. The lowest BCUT2D eigenvalue weighted by molar-refractivity contribution is 0.113. The Morgan fingerprint density at radius 2 is 1.48 bits per heavy atom. The zero-order valence-electron chi connectivity index (χ0n) is 17.4. The number of hydrogen-bond acceptors (Lipinski definition) is 3. The van der Waals surface area contributed by atoms with Crippen molar-refractivity contribution in [2.24, 2.45) is 0 Å². The molecule has 0 saturated heterocycles. The zero-order chi connectivity index (χ0) is 20.5. The highest BCUT2D eigenvalue weighted by Crippen LogP contribution is 2.33. The second-order valence-electron chi connectivity index (χ2n) is 8.30. The van der Waals surface area contributed by atoms with Crippen molar-refractivity contribution >= 4 is 11.0 Å². The Kier molecular flexibility index (Phi) is 5.10. The smallest absolute Gasteiger partial charge is 0.125 e. The standard InChI is InChI=1S/C25H27N3O/c1-16(2)21-13-18(14-22(15-21)17(3)4)12-20-10-11-23-25(27-28(29)26-23)24(20)19-8-6-5-7-9-19/h5-11,13-17,29H,12H2,1-4H3. The van der Waals surface area contributed by atoms with E-state index in [2.05, 4.69) is 74.3 Å². The number of nitrogens with zero attached hydrogens (tertiary/aromatic N) is 3. The van der Waals surface area contributed by atoms with Gasteiger partial charge in [0, 0.05) is 5.56 Å². The molecule has 0 fully saturated rings. The third-order valence-electron chi connectivity index (χ3n) is 5.46. The van der Waals surface area contributed by atoms with E-state index in [0.717, 1.165) is 23.1 Å². The summed E-state index contributed by atoms with van der Waals surface area (Å²) in [4.78, 5) is 0.664. The van der Waals surface area contributed by atoms with Gasteiger partial charge in [0.2, 0.25) is 0 Å². The van der Waals surface area contributed by atoms with Crippen LogP contribution >= 0.6 is 0 Å².